The molecule has 0 amide bonds. The second kappa shape index (κ2) is 3.49. The van der Waals surface area contributed by atoms with Crippen LogP contribution in [0.25, 0.3) is 0 Å². The van der Waals surface area contributed by atoms with Crippen LogP contribution in [-0.2, 0) is 0 Å². The lowest BCUT2D eigenvalue weighted by atomic mass is 10.0. The third kappa shape index (κ3) is 1.74. The Morgan fingerprint density at radius 2 is 1.79 bits per heavy atom. The maximum Gasteiger partial charge on any atom is 0.335 e. The number of carboxylic acids is 1. The number of aromatic hydroxyl groups is 1. The molecule has 74 valence electrons. The largest absolute Gasteiger partial charge is 0.507 e. The summed E-state index contributed by atoms with van der Waals surface area (Å²) in [6.07, 6.45) is 0. The molecule has 0 saturated heterocycles. The lowest BCUT2D eigenvalue weighted by Crippen LogP contribution is -2.03. The average Bonchev–Trinajstić information content (AvgIpc) is 2.02. The predicted octanol–water partition coefficient (Wildman–Crippen LogP) is 1.60. The predicted molar refractivity (Wildman–Crippen MR) is 49.8 cm³/mol. The molecule has 14 heavy (non-hydrogen) atoms. The summed E-state index contributed by atoms with van der Waals surface area (Å²) in [4.78, 5) is 21.7. The van der Waals surface area contributed by atoms with E-state index in [1.165, 1.54) is 19.1 Å². The van der Waals surface area contributed by atoms with E-state index in [1.54, 1.807) is 6.92 Å². The Morgan fingerprint density at radius 3 is 2.21 bits per heavy atom. The zero-order valence-corrected chi connectivity index (χ0v) is 7.87. The van der Waals surface area contributed by atoms with Crippen molar-refractivity contribution < 1.29 is 19.8 Å². The molecule has 0 bridgehead atoms. The van der Waals surface area contributed by atoms with E-state index >= 15 is 0 Å². The Kier molecular flexibility index (Phi) is 2.56. The van der Waals surface area contributed by atoms with Gasteiger partial charge in [0.05, 0.1) is 11.1 Å². The highest BCUT2D eigenvalue weighted by Gasteiger charge is 2.14. The first-order chi connectivity index (χ1) is 6.43. The SMILES string of the molecule is CC(=O)c1cc(C(=O)O)c(C)cc1O. The summed E-state index contributed by atoms with van der Waals surface area (Å²) in [5, 5.41) is 18.1. The summed E-state index contributed by atoms with van der Waals surface area (Å²) in [5.41, 5.74) is 0.501. The second-order valence-corrected chi connectivity index (χ2v) is 3.05. The average molecular weight is 194 g/mol. The third-order valence-electron chi connectivity index (χ3n) is 1.95. The van der Waals surface area contributed by atoms with Crippen LogP contribution < -0.4 is 0 Å². The first kappa shape index (κ1) is 10.2. The highest BCUT2D eigenvalue weighted by Crippen LogP contribution is 2.22. The van der Waals surface area contributed by atoms with Gasteiger partial charge in [-0.3, -0.25) is 4.79 Å². The van der Waals surface area contributed by atoms with Crippen LogP contribution >= 0.6 is 0 Å². The molecule has 0 aliphatic heterocycles. The summed E-state index contributed by atoms with van der Waals surface area (Å²) in [7, 11) is 0. The number of rotatable bonds is 2. The monoisotopic (exact) mass is 194 g/mol. The number of Topliss-reactive ketones (excluding diaryl/α,β-unsaturated/α-hetero) is 1. The van der Waals surface area contributed by atoms with Crippen molar-refractivity contribution in [1.82, 2.24) is 0 Å². The number of hydrogen-bond donors (Lipinski definition) is 2. The summed E-state index contributed by atoms with van der Waals surface area (Å²) in [5.74, 6) is -1.64. The number of carboxylic acid groups (broad SMARTS) is 1. The van der Waals surface area contributed by atoms with E-state index in [4.69, 9.17) is 5.11 Å². The van der Waals surface area contributed by atoms with Gasteiger partial charge in [0, 0.05) is 0 Å². The van der Waals surface area contributed by atoms with E-state index in [2.05, 4.69) is 0 Å². The molecule has 0 fully saturated rings. The fraction of sp³-hybridized carbons (Fsp3) is 0.200. The van der Waals surface area contributed by atoms with E-state index in [9.17, 15) is 14.7 Å². The fourth-order valence-corrected chi connectivity index (χ4v) is 1.21. The number of carbonyl (C=O) groups is 2. The number of aryl methyl sites for hydroxylation is 1. The van der Waals surface area contributed by atoms with Crippen molar-refractivity contribution in [3.8, 4) is 5.75 Å². The molecule has 0 aliphatic rings. The minimum atomic E-state index is -1.11. The van der Waals surface area contributed by atoms with Crippen LogP contribution in [0.2, 0.25) is 0 Å². The van der Waals surface area contributed by atoms with E-state index in [-0.39, 0.29) is 22.7 Å². The zero-order valence-electron chi connectivity index (χ0n) is 7.87. The fourth-order valence-electron chi connectivity index (χ4n) is 1.21. The van der Waals surface area contributed by atoms with Gasteiger partial charge >= 0.3 is 5.97 Å². The van der Waals surface area contributed by atoms with Crippen molar-refractivity contribution in [2.24, 2.45) is 0 Å². The highest BCUT2D eigenvalue weighted by atomic mass is 16.4. The molecule has 4 nitrogen and oxygen atoms in total. The minimum absolute atomic E-state index is 0.0352. The molecule has 0 aromatic heterocycles. The van der Waals surface area contributed by atoms with Gasteiger partial charge < -0.3 is 10.2 Å². The molecule has 0 saturated carbocycles. The maximum atomic E-state index is 11.0. The van der Waals surface area contributed by atoms with E-state index < -0.39 is 5.97 Å². The van der Waals surface area contributed by atoms with Crippen molar-refractivity contribution in [2.45, 2.75) is 13.8 Å². The van der Waals surface area contributed by atoms with Gasteiger partial charge in [-0.15, -0.1) is 0 Å². The number of aromatic carboxylic acids is 1. The maximum absolute atomic E-state index is 11.0. The minimum Gasteiger partial charge on any atom is -0.507 e. The van der Waals surface area contributed by atoms with Gasteiger partial charge in [0.2, 0.25) is 0 Å². The molecular weight excluding hydrogens is 184 g/mol. The number of carbonyl (C=O) groups excluding carboxylic acids is 1. The Bertz CT molecular complexity index is 372. The lowest BCUT2D eigenvalue weighted by molar-refractivity contribution is 0.0696. The van der Waals surface area contributed by atoms with E-state index in [1.807, 2.05) is 0 Å². The van der Waals surface area contributed by atoms with Gasteiger partial charge in [-0.1, -0.05) is 0 Å². The van der Waals surface area contributed by atoms with Crippen molar-refractivity contribution in [3.05, 3.63) is 28.8 Å². The number of ketones is 1. The summed E-state index contributed by atoms with van der Waals surface area (Å²) >= 11 is 0. The molecule has 4 heteroatoms. The molecule has 2 N–H and O–H groups in total. The molecule has 0 heterocycles. The van der Waals surface area contributed by atoms with Crippen LogP contribution in [0.5, 0.6) is 5.75 Å². The normalized spacial score (nSPS) is 9.86. The molecular formula is C10H10O4. The second-order valence-electron chi connectivity index (χ2n) is 3.05. The molecule has 1 aromatic carbocycles. The van der Waals surface area contributed by atoms with Gasteiger partial charge in [0.25, 0.3) is 0 Å². The Hall–Kier alpha value is -1.84. The van der Waals surface area contributed by atoms with Crippen molar-refractivity contribution >= 4 is 11.8 Å². The zero-order chi connectivity index (χ0) is 10.9. The summed E-state index contributed by atoms with van der Waals surface area (Å²) < 4.78 is 0. The number of hydrogen-bond acceptors (Lipinski definition) is 3. The quantitative estimate of drug-likeness (QED) is 0.701. The van der Waals surface area contributed by atoms with Gasteiger partial charge in [-0.2, -0.15) is 0 Å². The first-order valence-corrected chi connectivity index (χ1v) is 4.01. The van der Waals surface area contributed by atoms with E-state index in [0.717, 1.165) is 0 Å². The van der Waals surface area contributed by atoms with Crippen LogP contribution in [0.4, 0.5) is 0 Å². The Morgan fingerprint density at radius 1 is 1.21 bits per heavy atom. The van der Waals surface area contributed by atoms with Crippen molar-refractivity contribution in [3.63, 3.8) is 0 Å². The van der Waals surface area contributed by atoms with Crippen LogP contribution in [0.15, 0.2) is 12.1 Å². The first-order valence-electron chi connectivity index (χ1n) is 4.01. The van der Waals surface area contributed by atoms with Gasteiger partial charge in [0.15, 0.2) is 5.78 Å². The van der Waals surface area contributed by atoms with Gasteiger partial charge in [-0.05, 0) is 31.5 Å². The van der Waals surface area contributed by atoms with Gasteiger partial charge in [-0.25, -0.2) is 4.79 Å². The Labute approximate surface area is 80.8 Å². The standard InChI is InChI=1S/C10H10O4/c1-5-3-9(12)8(6(2)11)4-7(5)10(13)14/h3-4,12H,1-2H3,(H,13,14). The van der Waals surface area contributed by atoms with Crippen LogP contribution in [0.3, 0.4) is 0 Å². The molecule has 1 rings (SSSR count). The molecule has 0 atom stereocenters. The van der Waals surface area contributed by atoms with Crippen LogP contribution in [0.1, 0.15) is 33.2 Å². The lowest BCUT2D eigenvalue weighted by Gasteiger charge is -2.05. The van der Waals surface area contributed by atoms with Crippen LogP contribution in [0, 0.1) is 6.92 Å². The topological polar surface area (TPSA) is 74.6 Å². The summed E-state index contributed by atoms with van der Waals surface area (Å²) in [6.45, 7) is 2.84. The summed E-state index contributed by atoms with van der Waals surface area (Å²) in [6, 6.07) is 2.47. The number of phenols is 1. The van der Waals surface area contributed by atoms with Crippen molar-refractivity contribution in [1.29, 1.82) is 0 Å². The Balaban J connectivity index is 3.42. The van der Waals surface area contributed by atoms with E-state index in [0.29, 0.717) is 5.56 Å². The number of phenolic OH excluding ortho intramolecular Hbond substituents is 1. The third-order valence-corrected chi connectivity index (χ3v) is 1.95. The smallest absolute Gasteiger partial charge is 0.335 e. The highest BCUT2D eigenvalue weighted by molar-refractivity contribution is 6.00. The van der Waals surface area contributed by atoms with Crippen molar-refractivity contribution in [2.75, 3.05) is 0 Å². The molecule has 0 radical (unpaired) electrons. The number of benzene rings is 1. The molecule has 0 unspecified atom stereocenters. The van der Waals surface area contributed by atoms with Gasteiger partial charge in [0.1, 0.15) is 5.75 Å². The van der Waals surface area contributed by atoms with Crippen LogP contribution in [-0.4, -0.2) is 22.0 Å². The molecule has 1 aromatic rings. The molecule has 0 aliphatic carbocycles. The molecule has 0 spiro atoms.